The molecular weight excluding hydrogens is 300 g/mol. The van der Waals surface area contributed by atoms with Gasteiger partial charge in [-0.05, 0) is 69.7 Å². The highest BCUT2D eigenvalue weighted by Gasteiger charge is 2.16. The summed E-state index contributed by atoms with van der Waals surface area (Å²) in [7, 11) is 0. The maximum absolute atomic E-state index is 12.3. The van der Waals surface area contributed by atoms with Gasteiger partial charge in [-0.3, -0.25) is 4.79 Å². The largest absolute Gasteiger partial charge is 0.390 e. The Hall–Kier alpha value is -1.39. The van der Waals surface area contributed by atoms with Crippen LogP contribution >= 0.6 is 0 Å². The van der Waals surface area contributed by atoms with Crippen molar-refractivity contribution in [3.05, 3.63) is 35.4 Å². The lowest BCUT2D eigenvalue weighted by atomic mass is 9.98. The molecule has 1 fully saturated rings. The van der Waals surface area contributed by atoms with E-state index in [2.05, 4.69) is 17.1 Å². The van der Waals surface area contributed by atoms with Crippen LogP contribution in [0.3, 0.4) is 0 Å². The number of aryl methyl sites for hydroxylation is 1. The Labute approximate surface area is 146 Å². The van der Waals surface area contributed by atoms with Gasteiger partial charge in [0.2, 0.25) is 0 Å². The van der Waals surface area contributed by atoms with Gasteiger partial charge in [0.05, 0.1) is 5.60 Å². The second-order valence-electron chi connectivity index (χ2n) is 7.82. The molecule has 1 aromatic rings. The van der Waals surface area contributed by atoms with Crippen molar-refractivity contribution < 1.29 is 9.90 Å². The first kappa shape index (κ1) is 18.9. The van der Waals surface area contributed by atoms with Crippen LogP contribution < -0.4 is 5.32 Å². The van der Waals surface area contributed by atoms with E-state index in [1.165, 1.54) is 12.8 Å². The second kappa shape index (κ2) is 8.63. The Balaban J connectivity index is 1.79. The summed E-state index contributed by atoms with van der Waals surface area (Å²) in [5.41, 5.74) is 1.12. The first-order valence-electron chi connectivity index (χ1n) is 9.15. The number of nitrogens with one attached hydrogen (secondary N) is 1. The van der Waals surface area contributed by atoms with Crippen molar-refractivity contribution in [1.29, 1.82) is 0 Å². The number of benzene rings is 1. The van der Waals surface area contributed by atoms with Crippen LogP contribution in [0.2, 0.25) is 0 Å². The van der Waals surface area contributed by atoms with Crippen molar-refractivity contribution in [2.75, 3.05) is 26.2 Å². The number of rotatable bonds is 7. The summed E-state index contributed by atoms with van der Waals surface area (Å²) >= 11 is 0. The Morgan fingerprint density at radius 2 is 2.21 bits per heavy atom. The molecule has 24 heavy (non-hydrogen) atoms. The van der Waals surface area contributed by atoms with Crippen LogP contribution in [0.15, 0.2) is 24.3 Å². The average molecular weight is 332 g/mol. The van der Waals surface area contributed by atoms with Gasteiger partial charge < -0.3 is 15.3 Å². The van der Waals surface area contributed by atoms with Crippen LogP contribution in [0.4, 0.5) is 0 Å². The summed E-state index contributed by atoms with van der Waals surface area (Å²) < 4.78 is 0. The topological polar surface area (TPSA) is 52.6 Å². The first-order valence-corrected chi connectivity index (χ1v) is 9.15. The fourth-order valence-corrected chi connectivity index (χ4v) is 3.24. The summed E-state index contributed by atoms with van der Waals surface area (Å²) in [5, 5.41) is 12.9. The summed E-state index contributed by atoms with van der Waals surface area (Å²) in [5.74, 6) is 0.757. The van der Waals surface area contributed by atoms with Crippen LogP contribution in [0, 0.1) is 5.92 Å². The Morgan fingerprint density at radius 3 is 2.92 bits per heavy atom. The van der Waals surface area contributed by atoms with Crippen LogP contribution in [-0.4, -0.2) is 47.7 Å². The van der Waals surface area contributed by atoms with Crippen molar-refractivity contribution in [1.82, 2.24) is 10.2 Å². The zero-order valence-electron chi connectivity index (χ0n) is 15.3. The van der Waals surface area contributed by atoms with Gasteiger partial charge in [0.25, 0.3) is 5.91 Å². The molecule has 0 aliphatic carbocycles. The highest BCUT2D eigenvalue weighted by atomic mass is 16.3. The molecule has 1 heterocycles. The molecule has 0 spiro atoms. The van der Waals surface area contributed by atoms with Crippen molar-refractivity contribution in [3.63, 3.8) is 0 Å². The summed E-state index contributed by atoms with van der Waals surface area (Å²) in [6, 6.07) is 7.72. The van der Waals surface area contributed by atoms with Gasteiger partial charge in [-0.15, -0.1) is 0 Å². The molecule has 134 valence electrons. The molecule has 0 bridgehead atoms. The van der Waals surface area contributed by atoms with Crippen molar-refractivity contribution in [3.8, 4) is 0 Å². The molecule has 1 saturated heterocycles. The SMILES string of the molecule is C[C@@H]1CCCN(CCNC(=O)c2cccc(CCC(C)(C)O)c2)C1. The molecule has 1 aliphatic heterocycles. The third-order valence-corrected chi connectivity index (χ3v) is 4.67. The average Bonchev–Trinajstić information content (AvgIpc) is 2.52. The molecule has 0 radical (unpaired) electrons. The van der Waals surface area contributed by atoms with Gasteiger partial charge in [0.1, 0.15) is 0 Å². The number of piperidine rings is 1. The normalized spacial score (nSPS) is 19.2. The molecule has 4 nitrogen and oxygen atoms in total. The van der Waals surface area contributed by atoms with E-state index in [1.807, 2.05) is 38.1 Å². The lowest BCUT2D eigenvalue weighted by molar-refractivity contribution is 0.0714. The van der Waals surface area contributed by atoms with E-state index in [0.29, 0.717) is 18.5 Å². The van der Waals surface area contributed by atoms with E-state index in [0.717, 1.165) is 37.5 Å². The number of aliphatic hydroxyl groups is 1. The number of hydrogen-bond acceptors (Lipinski definition) is 3. The predicted octanol–water partition coefficient (Wildman–Crippen LogP) is 2.85. The standard InChI is InChI=1S/C20H32N2O2/c1-16-6-5-12-22(15-16)13-11-21-19(23)18-8-4-7-17(14-18)9-10-20(2,3)24/h4,7-8,14,16,24H,5-6,9-13,15H2,1-3H3,(H,21,23)/t16-/m1/s1. The van der Waals surface area contributed by atoms with Crippen molar-refractivity contribution >= 4 is 5.91 Å². The number of likely N-dealkylation sites (tertiary alicyclic amines) is 1. The molecule has 1 amide bonds. The quantitative estimate of drug-likeness (QED) is 0.807. The van der Waals surface area contributed by atoms with E-state index in [4.69, 9.17) is 0 Å². The summed E-state index contributed by atoms with van der Waals surface area (Å²) in [4.78, 5) is 14.8. The minimum absolute atomic E-state index is 0.00911. The van der Waals surface area contributed by atoms with E-state index in [1.54, 1.807) is 0 Å². The number of hydrogen-bond donors (Lipinski definition) is 2. The molecule has 1 atom stereocenters. The fraction of sp³-hybridized carbons (Fsp3) is 0.650. The van der Waals surface area contributed by atoms with Gasteiger partial charge >= 0.3 is 0 Å². The molecule has 0 unspecified atom stereocenters. The Morgan fingerprint density at radius 1 is 1.42 bits per heavy atom. The van der Waals surface area contributed by atoms with Crippen LogP contribution in [-0.2, 0) is 6.42 Å². The third-order valence-electron chi connectivity index (χ3n) is 4.67. The summed E-state index contributed by atoms with van der Waals surface area (Å²) in [6.45, 7) is 9.82. The third kappa shape index (κ3) is 6.62. The lowest BCUT2D eigenvalue weighted by Gasteiger charge is -2.30. The lowest BCUT2D eigenvalue weighted by Crippen LogP contribution is -2.40. The smallest absolute Gasteiger partial charge is 0.251 e. The minimum atomic E-state index is -0.677. The van der Waals surface area contributed by atoms with Crippen LogP contribution in [0.25, 0.3) is 0 Å². The monoisotopic (exact) mass is 332 g/mol. The maximum atomic E-state index is 12.3. The van der Waals surface area contributed by atoms with Crippen LogP contribution in [0.1, 0.15) is 56.0 Å². The van der Waals surface area contributed by atoms with Crippen molar-refractivity contribution in [2.24, 2.45) is 5.92 Å². The second-order valence-corrected chi connectivity index (χ2v) is 7.82. The highest BCUT2D eigenvalue weighted by Crippen LogP contribution is 2.15. The van der Waals surface area contributed by atoms with E-state index in [9.17, 15) is 9.90 Å². The molecule has 4 heteroatoms. The molecule has 1 aliphatic rings. The van der Waals surface area contributed by atoms with Gasteiger partial charge in [0, 0.05) is 25.2 Å². The molecule has 0 aromatic heterocycles. The zero-order valence-corrected chi connectivity index (χ0v) is 15.3. The first-order chi connectivity index (χ1) is 11.3. The van der Waals surface area contributed by atoms with Gasteiger partial charge in [-0.2, -0.15) is 0 Å². The predicted molar refractivity (Wildman–Crippen MR) is 98.2 cm³/mol. The number of nitrogens with zero attached hydrogens (tertiary/aromatic N) is 1. The molecule has 2 N–H and O–H groups in total. The van der Waals surface area contributed by atoms with E-state index < -0.39 is 5.60 Å². The van der Waals surface area contributed by atoms with Crippen LogP contribution in [0.5, 0.6) is 0 Å². The Kier molecular flexibility index (Phi) is 6.81. The van der Waals surface area contributed by atoms with E-state index in [-0.39, 0.29) is 5.91 Å². The molecular formula is C20H32N2O2. The van der Waals surface area contributed by atoms with Gasteiger partial charge in [-0.25, -0.2) is 0 Å². The maximum Gasteiger partial charge on any atom is 0.251 e. The molecule has 0 saturated carbocycles. The highest BCUT2D eigenvalue weighted by molar-refractivity contribution is 5.94. The Bertz CT molecular complexity index is 537. The molecule has 1 aromatic carbocycles. The minimum Gasteiger partial charge on any atom is -0.390 e. The molecule has 2 rings (SSSR count). The van der Waals surface area contributed by atoms with E-state index >= 15 is 0 Å². The zero-order chi connectivity index (χ0) is 17.6. The number of carbonyl (C=O) groups is 1. The van der Waals surface area contributed by atoms with Gasteiger partial charge in [0.15, 0.2) is 0 Å². The van der Waals surface area contributed by atoms with Gasteiger partial charge in [-0.1, -0.05) is 19.1 Å². The number of amides is 1. The summed E-state index contributed by atoms with van der Waals surface area (Å²) in [6.07, 6.45) is 4.04. The van der Waals surface area contributed by atoms with Crippen molar-refractivity contribution in [2.45, 2.75) is 52.1 Å². The number of carbonyl (C=O) groups excluding carboxylic acids is 1. The fourth-order valence-electron chi connectivity index (χ4n) is 3.24.